The zero-order valence-electron chi connectivity index (χ0n) is 17.4. The lowest BCUT2D eigenvalue weighted by atomic mass is 9.53. The second-order valence-electron chi connectivity index (χ2n) is 11.9. The lowest BCUT2D eigenvalue weighted by Crippen LogP contribution is -2.65. The summed E-state index contributed by atoms with van der Waals surface area (Å²) in [6.07, 6.45) is 8.18. The van der Waals surface area contributed by atoms with Gasteiger partial charge in [0, 0.05) is 10.3 Å². The Morgan fingerprint density at radius 3 is 1.32 bits per heavy atom. The number of halogens is 1. The average molecular weight is 475 g/mol. The first-order valence-corrected chi connectivity index (χ1v) is 14.1. The van der Waals surface area contributed by atoms with Crippen molar-refractivity contribution in [1.29, 1.82) is 0 Å². The highest BCUT2D eigenvalue weighted by Gasteiger charge is 2.73. The molecule has 8 fully saturated rings. The summed E-state index contributed by atoms with van der Waals surface area (Å²) < 4.78 is 14.9. The Bertz CT molecular complexity index is 816. The summed E-state index contributed by atoms with van der Waals surface area (Å²) in [6, 6.07) is 0. The molecule has 0 heterocycles. The molecule has 8 saturated carbocycles. The molecular formula is C20H28ClN2O7P. The van der Waals surface area contributed by atoms with E-state index < -0.39 is 38.2 Å². The van der Waals surface area contributed by atoms with Crippen LogP contribution in [0.15, 0.2) is 0 Å². The first kappa shape index (κ1) is 20.5. The van der Waals surface area contributed by atoms with Crippen LogP contribution in [0.2, 0.25) is 0 Å². The van der Waals surface area contributed by atoms with Gasteiger partial charge in [0.1, 0.15) is 11.2 Å². The van der Waals surface area contributed by atoms with Crippen LogP contribution in [-0.2, 0) is 14.2 Å². The Labute approximate surface area is 184 Å². The lowest BCUT2D eigenvalue weighted by Gasteiger charge is -2.67. The van der Waals surface area contributed by atoms with E-state index in [0.29, 0.717) is 38.5 Å². The van der Waals surface area contributed by atoms with Crippen LogP contribution in [0, 0.1) is 43.9 Å². The molecule has 8 aliphatic carbocycles. The van der Waals surface area contributed by atoms with Gasteiger partial charge in [-0.3, -0.25) is 0 Å². The van der Waals surface area contributed by atoms with Crippen molar-refractivity contribution in [3.8, 4) is 0 Å². The number of nitrogens with zero attached hydrogens (tertiary/aromatic N) is 2. The van der Waals surface area contributed by atoms with Crippen molar-refractivity contribution in [1.82, 2.24) is 0 Å². The molecule has 0 saturated heterocycles. The highest BCUT2D eigenvalue weighted by atomic mass is 35.7. The highest BCUT2D eigenvalue weighted by molar-refractivity contribution is 7.91. The lowest BCUT2D eigenvalue weighted by molar-refractivity contribution is -0.785. The molecule has 0 aromatic rings. The van der Waals surface area contributed by atoms with E-state index in [1.165, 1.54) is 0 Å². The van der Waals surface area contributed by atoms with E-state index in [2.05, 4.69) is 0 Å². The normalized spacial score (nSPS) is 53.2. The van der Waals surface area contributed by atoms with E-state index in [4.69, 9.17) is 20.9 Å². The van der Waals surface area contributed by atoms with Crippen molar-refractivity contribution < 1.29 is 24.4 Å². The molecule has 4 unspecified atom stereocenters. The Morgan fingerprint density at radius 2 is 1.03 bits per heavy atom. The van der Waals surface area contributed by atoms with E-state index in [9.17, 15) is 24.8 Å². The maximum absolute atomic E-state index is 14.9. The van der Waals surface area contributed by atoms with Crippen molar-refractivity contribution >= 4 is 17.7 Å². The van der Waals surface area contributed by atoms with Crippen LogP contribution in [0.4, 0.5) is 0 Å². The monoisotopic (exact) mass is 474 g/mol. The van der Waals surface area contributed by atoms with Gasteiger partial charge in [0.15, 0.2) is 6.49 Å². The van der Waals surface area contributed by atoms with E-state index in [-0.39, 0.29) is 23.7 Å². The summed E-state index contributed by atoms with van der Waals surface area (Å²) in [4.78, 5) is 33.2. The van der Waals surface area contributed by atoms with Crippen LogP contribution in [0.5, 0.6) is 0 Å². The first-order valence-electron chi connectivity index (χ1n) is 11.4. The Balaban J connectivity index is 1.40. The molecule has 11 heteroatoms. The fourth-order valence-corrected chi connectivity index (χ4v) is 15.1. The third kappa shape index (κ3) is 2.77. The zero-order chi connectivity index (χ0) is 21.9. The van der Waals surface area contributed by atoms with Gasteiger partial charge >= 0.3 is 0 Å². The molecule has 0 N–H and O–H groups in total. The van der Waals surface area contributed by atoms with Crippen molar-refractivity contribution in [3.63, 3.8) is 0 Å². The van der Waals surface area contributed by atoms with Gasteiger partial charge < -0.3 is 14.2 Å². The molecule has 0 aliphatic heterocycles. The maximum Gasteiger partial charge on any atom is 0.295 e. The van der Waals surface area contributed by atoms with Gasteiger partial charge in [-0.1, -0.05) is 11.2 Å². The Kier molecular flexibility index (Phi) is 4.02. The molecule has 31 heavy (non-hydrogen) atoms. The molecule has 0 amide bonds. The number of hydrogen-bond acceptors (Lipinski definition) is 7. The predicted molar refractivity (Wildman–Crippen MR) is 110 cm³/mol. The summed E-state index contributed by atoms with van der Waals surface area (Å²) in [6.45, 7) is -3.40. The largest absolute Gasteiger partial charge is 0.307 e. The average Bonchev–Trinajstić information content (AvgIpc) is 2.56. The van der Waals surface area contributed by atoms with Crippen LogP contribution in [0.25, 0.3) is 0 Å². The SMILES string of the molecule is O=[N+]([O-])OC12CC3CC(C1)CC(P(=O)(Cl)C14CC5CC(CC(O[N+](=O)[O-])(C5)C1)C4)(C3)C2. The van der Waals surface area contributed by atoms with E-state index >= 15 is 0 Å². The molecule has 0 radical (unpaired) electrons. The van der Waals surface area contributed by atoms with E-state index in [1.807, 2.05) is 0 Å². The van der Waals surface area contributed by atoms with Gasteiger partial charge in [0.05, 0.1) is 0 Å². The van der Waals surface area contributed by atoms with Gasteiger partial charge in [-0.25, -0.2) is 0 Å². The minimum Gasteiger partial charge on any atom is -0.307 e. The molecule has 0 aromatic heterocycles. The van der Waals surface area contributed by atoms with Gasteiger partial charge in [-0.2, -0.15) is 0 Å². The van der Waals surface area contributed by atoms with Crippen molar-refractivity contribution in [2.24, 2.45) is 23.7 Å². The van der Waals surface area contributed by atoms with Gasteiger partial charge in [0.2, 0.25) is 0 Å². The third-order valence-electron chi connectivity index (χ3n) is 9.71. The summed E-state index contributed by atoms with van der Waals surface area (Å²) >= 11 is 7.28. The fourth-order valence-electron chi connectivity index (χ4n) is 9.97. The number of hydrogen-bond donors (Lipinski definition) is 0. The standard InChI is InChI=1S/C20H28ClN2O7P/c21-31(28,19-7-13-1-14(8-19)4-17(3-13,11-19)29-22(24)25)20-9-15-2-16(10-20)6-18(5-15,12-20)30-23(26)27/h13-16H,1-12H2. The van der Waals surface area contributed by atoms with Crippen molar-refractivity contribution in [2.45, 2.75) is 98.6 Å². The number of rotatable bonds is 6. The summed E-state index contributed by atoms with van der Waals surface area (Å²) in [7, 11) is 0. The molecule has 0 spiro atoms. The van der Waals surface area contributed by atoms with Gasteiger partial charge in [-0.05, 0) is 101 Å². The zero-order valence-corrected chi connectivity index (χ0v) is 19.0. The van der Waals surface area contributed by atoms with E-state index in [0.717, 1.165) is 38.5 Å². The van der Waals surface area contributed by atoms with E-state index in [1.54, 1.807) is 0 Å². The minimum absolute atomic E-state index is 0.242. The summed E-state index contributed by atoms with van der Waals surface area (Å²) in [5.41, 5.74) is -1.76. The minimum atomic E-state index is -3.40. The van der Waals surface area contributed by atoms with Crippen LogP contribution in [0.3, 0.4) is 0 Å². The van der Waals surface area contributed by atoms with Crippen LogP contribution >= 0.6 is 17.7 Å². The van der Waals surface area contributed by atoms with Crippen molar-refractivity contribution in [3.05, 3.63) is 20.2 Å². The van der Waals surface area contributed by atoms with Crippen LogP contribution < -0.4 is 0 Å². The molecule has 8 rings (SSSR count). The topological polar surface area (TPSA) is 122 Å². The molecule has 4 atom stereocenters. The molecule has 9 nitrogen and oxygen atoms in total. The second-order valence-corrected chi connectivity index (χ2v) is 16.3. The first-order chi connectivity index (χ1) is 14.5. The fraction of sp³-hybridized carbons (Fsp3) is 1.00. The van der Waals surface area contributed by atoms with Crippen molar-refractivity contribution in [2.75, 3.05) is 0 Å². The molecule has 8 aliphatic rings. The third-order valence-corrected chi connectivity index (χ3v) is 15.3. The molecule has 172 valence electrons. The Morgan fingerprint density at radius 1 is 0.710 bits per heavy atom. The quantitative estimate of drug-likeness (QED) is 0.298. The smallest absolute Gasteiger partial charge is 0.295 e. The highest BCUT2D eigenvalue weighted by Crippen LogP contribution is 2.86. The molecule has 8 bridgehead atoms. The molecular weight excluding hydrogens is 447 g/mol. The Hall–Kier alpha value is -1.08. The van der Waals surface area contributed by atoms with Gasteiger partial charge in [-0.15, -0.1) is 20.2 Å². The predicted octanol–water partition coefficient (Wildman–Crippen LogP) is 5.10. The summed E-state index contributed by atoms with van der Waals surface area (Å²) in [5.74, 6) is 0.967. The van der Waals surface area contributed by atoms with Gasteiger partial charge in [0.25, 0.3) is 10.2 Å². The van der Waals surface area contributed by atoms with Crippen LogP contribution in [-0.4, -0.2) is 31.7 Å². The summed E-state index contributed by atoms with van der Waals surface area (Å²) in [5, 5.41) is 19.9. The second kappa shape index (κ2) is 6.07. The maximum atomic E-state index is 14.9. The molecule has 0 aromatic carbocycles. The van der Waals surface area contributed by atoms with Crippen LogP contribution in [0.1, 0.15) is 77.0 Å².